The van der Waals surface area contributed by atoms with Gasteiger partial charge in [0.05, 0.1) is 11.4 Å². The zero-order valence-electron chi connectivity index (χ0n) is 12.6. The molecule has 0 radical (unpaired) electrons. The van der Waals surface area contributed by atoms with Crippen molar-refractivity contribution in [1.82, 2.24) is 9.73 Å². The van der Waals surface area contributed by atoms with Gasteiger partial charge in [0.2, 0.25) is 15.9 Å². The SMILES string of the molecule is NNC(=O)CN(CCc1ccccc1)S(=O)(=O)c1ccccc1. The van der Waals surface area contributed by atoms with Gasteiger partial charge in [0.25, 0.3) is 0 Å². The van der Waals surface area contributed by atoms with Crippen molar-refractivity contribution in [3.8, 4) is 0 Å². The lowest BCUT2D eigenvalue weighted by atomic mass is 10.1. The van der Waals surface area contributed by atoms with Gasteiger partial charge in [-0.2, -0.15) is 4.31 Å². The van der Waals surface area contributed by atoms with Crippen molar-refractivity contribution in [2.75, 3.05) is 13.1 Å². The molecule has 122 valence electrons. The minimum absolute atomic E-state index is 0.151. The number of carbonyl (C=O) groups excluding carboxylic acids is 1. The first kappa shape index (κ1) is 17.1. The first-order valence-corrected chi connectivity index (χ1v) is 8.56. The van der Waals surface area contributed by atoms with Crippen LogP contribution in [0.5, 0.6) is 0 Å². The highest BCUT2D eigenvalue weighted by Crippen LogP contribution is 2.15. The number of nitrogens with one attached hydrogen (secondary N) is 1. The van der Waals surface area contributed by atoms with E-state index >= 15 is 0 Å². The number of rotatable bonds is 7. The number of benzene rings is 2. The highest BCUT2D eigenvalue weighted by Gasteiger charge is 2.25. The normalized spacial score (nSPS) is 11.4. The molecule has 2 aromatic rings. The second kappa shape index (κ2) is 7.87. The molecule has 0 spiro atoms. The number of carbonyl (C=O) groups is 1. The van der Waals surface area contributed by atoms with Crippen molar-refractivity contribution in [2.45, 2.75) is 11.3 Å². The average Bonchev–Trinajstić information content (AvgIpc) is 2.59. The van der Waals surface area contributed by atoms with Gasteiger partial charge in [-0.3, -0.25) is 10.2 Å². The van der Waals surface area contributed by atoms with Crippen LogP contribution in [0.2, 0.25) is 0 Å². The van der Waals surface area contributed by atoms with Crippen molar-refractivity contribution in [1.29, 1.82) is 0 Å². The number of sulfonamides is 1. The summed E-state index contributed by atoms with van der Waals surface area (Å²) in [6, 6.07) is 17.5. The van der Waals surface area contributed by atoms with Gasteiger partial charge >= 0.3 is 0 Å². The van der Waals surface area contributed by atoms with Crippen molar-refractivity contribution in [3.05, 3.63) is 66.2 Å². The van der Waals surface area contributed by atoms with Crippen molar-refractivity contribution in [3.63, 3.8) is 0 Å². The largest absolute Gasteiger partial charge is 0.293 e. The molecule has 0 heterocycles. The van der Waals surface area contributed by atoms with Gasteiger partial charge in [-0.1, -0.05) is 48.5 Å². The summed E-state index contributed by atoms with van der Waals surface area (Å²) in [7, 11) is -3.76. The molecule has 1 amide bonds. The molecular formula is C16H19N3O3S. The van der Waals surface area contributed by atoms with Gasteiger partial charge < -0.3 is 0 Å². The highest BCUT2D eigenvalue weighted by atomic mass is 32.2. The molecule has 0 unspecified atom stereocenters. The number of amides is 1. The van der Waals surface area contributed by atoms with Gasteiger partial charge in [-0.25, -0.2) is 14.3 Å². The molecule has 0 aliphatic carbocycles. The van der Waals surface area contributed by atoms with E-state index in [2.05, 4.69) is 0 Å². The molecule has 3 N–H and O–H groups in total. The fourth-order valence-electron chi connectivity index (χ4n) is 2.13. The maximum atomic E-state index is 12.7. The van der Waals surface area contributed by atoms with E-state index in [0.717, 1.165) is 9.87 Å². The Hall–Kier alpha value is -2.22. The third-order valence-electron chi connectivity index (χ3n) is 3.35. The average molecular weight is 333 g/mol. The van der Waals surface area contributed by atoms with Crippen LogP contribution < -0.4 is 11.3 Å². The predicted octanol–water partition coefficient (Wildman–Crippen LogP) is 0.910. The summed E-state index contributed by atoms with van der Waals surface area (Å²) >= 11 is 0. The molecule has 7 heteroatoms. The smallest absolute Gasteiger partial charge is 0.249 e. The van der Waals surface area contributed by atoms with Crippen LogP contribution in [-0.2, 0) is 21.2 Å². The van der Waals surface area contributed by atoms with Crippen molar-refractivity contribution >= 4 is 15.9 Å². The molecule has 2 aromatic carbocycles. The van der Waals surface area contributed by atoms with Gasteiger partial charge in [0.1, 0.15) is 0 Å². The van der Waals surface area contributed by atoms with E-state index in [9.17, 15) is 13.2 Å². The Morgan fingerprint density at radius 3 is 2.13 bits per heavy atom. The molecule has 2 rings (SSSR count). The number of nitrogens with two attached hydrogens (primary N) is 1. The number of hydrogen-bond donors (Lipinski definition) is 2. The quantitative estimate of drug-likeness (QED) is 0.447. The van der Waals surface area contributed by atoms with Crippen LogP contribution >= 0.6 is 0 Å². The Labute approximate surface area is 135 Å². The molecule has 23 heavy (non-hydrogen) atoms. The van der Waals surface area contributed by atoms with Crippen LogP contribution in [0, 0.1) is 0 Å². The molecule has 0 fully saturated rings. The Morgan fingerprint density at radius 2 is 1.57 bits per heavy atom. The van der Waals surface area contributed by atoms with Crippen LogP contribution in [0.3, 0.4) is 0 Å². The minimum atomic E-state index is -3.76. The maximum absolute atomic E-state index is 12.7. The zero-order chi connectivity index (χ0) is 16.7. The Morgan fingerprint density at radius 1 is 1.00 bits per heavy atom. The Kier molecular flexibility index (Phi) is 5.86. The third-order valence-corrected chi connectivity index (χ3v) is 5.21. The Balaban J connectivity index is 2.21. The van der Waals surface area contributed by atoms with Crippen molar-refractivity contribution < 1.29 is 13.2 Å². The van der Waals surface area contributed by atoms with E-state index in [0.29, 0.717) is 6.42 Å². The molecule has 0 aliphatic rings. The van der Waals surface area contributed by atoms with E-state index in [-0.39, 0.29) is 18.0 Å². The van der Waals surface area contributed by atoms with E-state index in [4.69, 9.17) is 5.84 Å². The zero-order valence-corrected chi connectivity index (χ0v) is 13.4. The fraction of sp³-hybridized carbons (Fsp3) is 0.188. The van der Waals surface area contributed by atoms with Crippen LogP contribution in [0.15, 0.2) is 65.6 Å². The molecule has 6 nitrogen and oxygen atoms in total. The highest BCUT2D eigenvalue weighted by molar-refractivity contribution is 7.89. The van der Waals surface area contributed by atoms with Crippen LogP contribution in [0.25, 0.3) is 0 Å². The fourth-order valence-corrected chi connectivity index (χ4v) is 3.55. The van der Waals surface area contributed by atoms with Gasteiger partial charge in [0.15, 0.2) is 0 Å². The molecule has 0 bridgehead atoms. The summed E-state index contributed by atoms with van der Waals surface area (Å²) in [5.41, 5.74) is 2.97. The van der Waals surface area contributed by atoms with E-state index in [1.807, 2.05) is 35.8 Å². The minimum Gasteiger partial charge on any atom is -0.293 e. The van der Waals surface area contributed by atoms with Crippen LogP contribution in [0.4, 0.5) is 0 Å². The Bertz CT molecular complexity index is 734. The third kappa shape index (κ3) is 4.62. The topological polar surface area (TPSA) is 92.5 Å². The first-order valence-electron chi connectivity index (χ1n) is 7.12. The molecule has 0 atom stereocenters. The van der Waals surface area contributed by atoms with Gasteiger partial charge in [-0.15, -0.1) is 0 Å². The first-order chi connectivity index (χ1) is 11.0. The van der Waals surface area contributed by atoms with Gasteiger partial charge in [-0.05, 0) is 24.1 Å². The summed E-state index contributed by atoms with van der Waals surface area (Å²) in [6.07, 6.45) is 0.505. The maximum Gasteiger partial charge on any atom is 0.249 e. The summed E-state index contributed by atoms with van der Waals surface area (Å²) in [5, 5.41) is 0. The van der Waals surface area contributed by atoms with Crippen molar-refractivity contribution in [2.24, 2.45) is 5.84 Å². The lowest BCUT2D eigenvalue weighted by Crippen LogP contribution is -2.43. The molecule has 0 aromatic heterocycles. The monoisotopic (exact) mass is 333 g/mol. The summed E-state index contributed by atoms with van der Waals surface area (Å²) < 4.78 is 26.6. The molecule has 0 saturated heterocycles. The standard InChI is InChI=1S/C16H19N3O3S/c17-18-16(20)13-19(12-11-14-7-3-1-4-8-14)23(21,22)15-9-5-2-6-10-15/h1-10H,11-13,17H2,(H,18,20). The number of nitrogens with zero attached hydrogens (tertiary/aromatic N) is 1. The molecule has 0 aliphatic heterocycles. The van der Waals surface area contributed by atoms with E-state index in [1.165, 1.54) is 12.1 Å². The summed E-state index contributed by atoms with van der Waals surface area (Å²) in [4.78, 5) is 11.7. The summed E-state index contributed by atoms with van der Waals surface area (Å²) in [6.45, 7) is -0.130. The second-order valence-corrected chi connectivity index (χ2v) is 6.89. The molecular weight excluding hydrogens is 314 g/mol. The van der Waals surface area contributed by atoms with Gasteiger partial charge in [0, 0.05) is 6.54 Å². The number of hydrazine groups is 1. The van der Waals surface area contributed by atoms with Crippen LogP contribution in [0.1, 0.15) is 5.56 Å². The number of hydrogen-bond acceptors (Lipinski definition) is 4. The summed E-state index contributed by atoms with van der Waals surface area (Å²) in [5.74, 6) is 4.53. The lowest BCUT2D eigenvalue weighted by Gasteiger charge is -2.21. The second-order valence-electron chi connectivity index (χ2n) is 4.95. The lowest BCUT2D eigenvalue weighted by molar-refractivity contribution is -0.121. The van der Waals surface area contributed by atoms with E-state index < -0.39 is 15.9 Å². The van der Waals surface area contributed by atoms with E-state index in [1.54, 1.807) is 18.2 Å². The molecule has 0 saturated carbocycles. The predicted molar refractivity (Wildman–Crippen MR) is 87.7 cm³/mol. The van der Waals surface area contributed by atoms with Crippen LogP contribution in [-0.4, -0.2) is 31.7 Å².